The third-order valence-electron chi connectivity index (χ3n) is 4.09. The van der Waals surface area contributed by atoms with Crippen LogP contribution in [0.25, 0.3) is 11.5 Å². The second-order valence-corrected chi connectivity index (χ2v) is 6.36. The monoisotopic (exact) mass is 522 g/mol. The van der Waals surface area contributed by atoms with Crippen LogP contribution in [0.1, 0.15) is 25.1 Å². The van der Waals surface area contributed by atoms with Crippen molar-refractivity contribution in [3.8, 4) is 23.0 Å². The van der Waals surface area contributed by atoms with Crippen molar-refractivity contribution in [2.45, 2.75) is 27.3 Å². The molecule has 8 heteroatoms. The van der Waals surface area contributed by atoms with Crippen LogP contribution in [-0.4, -0.2) is 24.2 Å². The highest BCUT2D eigenvalue weighted by molar-refractivity contribution is 14.0. The third kappa shape index (κ3) is 6.38. The summed E-state index contributed by atoms with van der Waals surface area (Å²) in [5.41, 5.74) is 9.55. The highest BCUT2D eigenvalue weighted by Gasteiger charge is 2.09. The van der Waals surface area contributed by atoms with Crippen LogP contribution < -0.4 is 20.5 Å². The molecule has 0 bridgehead atoms. The van der Waals surface area contributed by atoms with E-state index in [1.807, 2.05) is 63.2 Å². The second kappa shape index (κ2) is 11.4. The lowest BCUT2D eigenvalue weighted by molar-refractivity contribution is 0.332. The minimum atomic E-state index is 0. The Morgan fingerprint density at radius 2 is 1.83 bits per heavy atom. The van der Waals surface area contributed by atoms with Gasteiger partial charge in [-0.1, -0.05) is 17.7 Å². The molecule has 1 heterocycles. The number of hydrogen-bond donors (Lipinski definition) is 2. The molecule has 3 N–H and O–H groups in total. The van der Waals surface area contributed by atoms with Gasteiger partial charge in [-0.2, -0.15) is 0 Å². The van der Waals surface area contributed by atoms with E-state index in [9.17, 15) is 0 Å². The molecule has 0 amide bonds. The predicted octanol–water partition coefficient (Wildman–Crippen LogP) is 4.99. The lowest BCUT2D eigenvalue weighted by atomic mass is 10.1. The van der Waals surface area contributed by atoms with Crippen LogP contribution in [0.3, 0.4) is 0 Å². The first kappa shape index (κ1) is 23.5. The molecular formula is C22H27IN4O3. The van der Waals surface area contributed by atoms with Gasteiger partial charge in [0.2, 0.25) is 5.89 Å². The van der Waals surface area contributed by atoms with Gasteiger partial charge in [0.25, 0.3) is 0 Å². The van der Waals surface area contributed by atoms with Crippen LogP contribution in [-0.2, 0) is 6.54 Å². The van der Waals surface area contributed by atoms with E-state index >= 15 is 0 Å². The summed E-state index contributed by atoms with van der Waals surface area (Å²) >= 11 is 0. The molecular weight excluding hydrogens is 495 g/mol. The van der Waals surface area contributed by atoms with E-state index in [1.54, 1.807) is 6.26 Å². The van der Waals surface area contributed by atoms with Crippen molar-refractivity contribution in [1.29, 1.82) is 0 Å². The van der Waals surface area contributed by atoms with E-state index in [-0.39, 0.29) is 29.9 Å². The van der Waals surface area contributed by atoms with E-state index in [0.717, 1.165) is 11.3 Å². The molecule has 0 aliphatic heterocycles. The Morgan fingerprint density at radius 3 is 2.53 bits per heavy atom. The quantitative estimate of drug-likeness (QED) is 0.246. The highest BCUT2D eigenvalue weighted by Crippen LogP contribution is 2.29. The summed E-state index contributed by atoms with van der Waals surface area (Å²) in [6.45, 7) is 7.31. The fourth-order valence-corrected chi connectivity index (χ4v) is 2.70. The minimum absolute atomic E-state index is 0. The standard InChI is InChI=1S/C22H26N4O3.HI/c1-4-27-18-10-11-20(28-5-2)19(12-18)26-22(23)24-13-17-14-29-21(25-17)16-8-6-15(3)7-9-16;/h6-12,14H,4-5,13H2,1-3H3,(H3,23,24,26);1H. The molecule has 3 rings (SSSR count). The third-order valence-corrected chi connectivity index (χ3v) is 4.09. The number of nitrogens with two attached hydrogens (primary N) is 1. The summed E-state index contributed by atoms with van der Waals surface area (Å²) in [4.78, 5) is 8.82. The number of aliphatic imine (C=N–C) groups is 1. The summed E-state index contributed by atoms with van der Waals surface area (Å²) in [6, 6.07) is 13.5. The Morgan fingerprint density at radius 1 is 1.10 bits per heavy atom. The number of guanidine groups is 1. The number of nitrogens with zero attached hydrogens (tertiary/aromatic N) is 2. The van der Waals surface area contributed by atoms with Gasteiger partial charge in [-0.15, -0.1) is 24.0 Å². The highest BCUT2D eigenvalue weighted by atomic mass is 127. The van der Waals surface area contributed by atoms with Crippen LogP contribution >= 0.6 is 24.0 Å². The maximum absolute atomic E-state index is 6.06. The Labute approximate surface area is 193 Å². The van der Waals surface area contributed by atoms with E-state index in [4.69, 9.17) is 19.6 Å². The molecule has 7 nitrogen and oxygen atoms in total. The smallest absolute Gasteiger partial charge is 0.226 e. The molecule has 2 aromatic carbocycles. The second-order valence-electron chi connectivity index (χ2n) is 6.36. The number of aryl methyl sites for hydroxylation is 1. The first-order valence-electron chi connectivity index (χ1n) is 9.57. The molecule has 160 valence electrons. The van der Waals surface area contributed by atoms with Crippen molar-refractivity contribution in [3.05, 3.63) is 60.0 Å². The van der Waals surface area contributed by atoms with Gasteiger partial charge in [0.05, 0.1) is 25.4 Å². The molecule has 0 radical (unpaired) electrons. The minimum Gasteiger partial charge on any atom is -0.494 e. The number of oxazole rings is 1. The van der Waals surface area contributed by atoms with Gasteiger partial charge < -0.3 is 24.9 Å². The average Bonchev–Trinajstić information content (AvgIpc) is 3.18. The largest absolute Gasteiger partial charge is 0.494 e. The SMILES string of the molecule is CCOc1ccc(OCC)c(NC(N)=NCc2coc(-c3ccc(C)cc3)n2)c1.I. The van der Waals surface area contributed by atoms with Crippen molar-refractivity contribution in [2.75, 3.05) is 18.5 Å². The molecule has 0 saturated carbocycles. The summed E-state index contributed by atoms with van der Waals surface area (Å²) in [7, 11) is 0. The Hall–Kier alpha value is -2.75. The van der Waals surface area contributed by atoms with E-state index in [2.05, 4.69) is 15.3 Å². The number of benzene rings is 2. The van der Waals surface area contributed by atoms with Crippen LogP contribution in [0.2, 0.25) is 0 Å². The number of aromatic nitrogens is 1. The van der Waals surface area contributed by atoms with Crippen molar-refractivity contribution in [3.63, 3.8) is 0 Å². The van der Waals surface area contributed by atoms with Crippen LogP contribution in [0, 0.1) is 6.92 Å². The molecule has 3 aromatic rings. The lowest BCUT2D eigenvalue weighted by Crippen LogP contribution is -2.23. The topological polar surface area (TPSA) is 94.9 Å². The van der Waals surface area contributed by atoms with Crippen LogP contribution in [0.4, 0.5) is 5.69 Å². The number of nitrogens with one attached hydrogen (secondary N) is 1. The van der Waals surface area contributed by atoms with Gasteiger partial charge in [-0.05, 0) is 45.0 Å². The van der Waals surface area contributed by atoms with Gasteiger partial charge >= 0.3 is 0 Å². The van der Waals surface area contributed by atoms with Crippen LogP contribution in [0.15, 0.2) is 58.1 Å². The number of hydrogen-bond acceptors (Lipinski definition) is 5. The Kier molecular flexibility index (Phi) is 8.97. The van der Waals surface area contributed by atoms with Crippen molar-refractivity contribution >= 4 is 35.6 Å². The predicted molar refractivity (Wildman–Crippen MR) is 130 cm³/mol. The average molecular weight is 522 g/mol. The Balaban J connectivity index is 0.00000320. The molecule has 0 atom stereocenters. The van der Waals surface area contributed by atoms with Gasteiger partial charge in [-0.25, -0.2) is 9.98 Å². The zero-order chi connectivity index (χ0) is 20.6. The fraction of sp³-hybridized carbons (Fsp3) is 0.273. The number of anilines is 1. The molecule has 0 aliphatic carbocycles. The number of rotatable bonds is 8. The molecule has 0 saturated heterocycles. The van der Waals surface area contributed by atoms with Crippen molar-refractivity contribution in [1.82, 2.24) is 4.98 Å². The van der Waals surface area contributed by atoms with E-state index in [0.29, 0.717) is 42.8 Å². The normalized spacial score (nSPS) is 11.0. The van der Waals surface area contributed by atoms with E-state index < -0.39 is 0 Å². The van der Waals surface area contributed by atoms with Crippen molar-refractivity contribution in [2.24, 2.45) is 10.7 Å². The summed E-state index contributed by atoms with van der Waals surface area (Å²) in [5.74, 6) is 2.21. The molecule has 0 fully saturated rings. The van der Waals surface area contributed by atoms with Gasteiger partial charge in [0, 0.05) is 11.6 Å². The van der Waals surface area contributed by atoms with Gasteiger partial charge in [-0.3, -0.25) is 0 Å². The zero-order valence-electron chi connectivity index (χ0n) is 17.3. The molecule has 1 aromatic heterocycles. The summed E-state index contributed by atoms with van der Waals surface area (Å²) in [5, 5.41) is 3.07. The number of halogens is 1. The summed E-state index contributed by atoms with van der Waals surface area (Å²) in [6.07, 6.45) is 1.59. The van der Waals surface area contributed by atoms with Gasteiger partial charge in [0.1, 0.15) is 23.5 Å². The first-order valence-corrected chi connectivity index (χ1v) is 9.57. The van der Waals surface area contributed by atoms with Gasteiger partial charge in [0.15, 0.2) is 5.96 Å². The lowest BCUT2D eigenvalue weighted by Gasteiger charge is -2.13. The van der Waals surface area contributed by atoms with Crippen LogP contribution in [0.5, 0.6) is 11.5 Å². The summed E-state index contributed by atoms with van der Waals surface area (Å²) < 4.78 is 16.7. The molecule has 0 spiro atoms. The fourth-order valence-electron chi connectivity index (χ4n) is 2.70. The van der Waals surface area contributed by atoms with E-state index in [1.165, 1.54) is 5.56 Å². The molecule has 0 unspecified atom stereocenters. The van der Waals surface area contributed by atoms with Crippen molar-refractivity contribution < 1.29 is 13.9 Å². The maximum Gasteiger partial charge on any atom is 0.226 e. The Bertz CT molecular complexity index is 971. The maximum atomic E-state index is 6.06. The zero-order valence-corrected chi connectivity index (χ0v) is 19.7. The first-order chi connectivity index (χ1) is 14.1. The molecule has 30 heavy (non-hydrogen) atoms. The molecule has 0 aliphatic rings. The number of ether oxygens (including phenoxy) is 2.